The topological polar surface area (TPSA) is 84.0 Å². The molecule has 0 spiro atoms. The molecule has 0 aliphatic rings. The van der Waals surface area contributed by atoms with Gasteiger partial charge in [-0.2, -0.15) is 4.98 Å². The van der Waals surface area contributed by atoms with E-state index in [-0.39, 0.29) is 10.7 Å². The molecule has 0 aliphatic carbocycles. The van der Waals surface area contributed by atoms with Crippen molar-refractivity contribution in [3.05, 3.63) is 90.5 Å². The zero-order valence-electron chi connectivity index (χ0n) is 15.6. The van der Waals surface area contributed by atoms with Crippen LogP contribution in [-0.4, -0.2) is 24.9 Å². The standard InChI is InChI=1S/C22H20N4O2S/c27-29(28,18-11-5-2-6-12-18)26-21-19-13-7-8-14-20(19)24-22(25-21)23-16-15-17-9-3-1-4-10-17/h1-14H,15-16H2,(H2,23,24,25,26). The molecular weight excluding hydrogens is 384 g/mol. The van der Waals surface area contributed by atoms with Gasteiger partial charge in [0.2, 0.25) is 5.95 Å². The molecule has 0 radical (unpaired) electrons. The van der Waals surface area contributed by atoms with Crippen LogP contribution in [0.25, 0.3) is 10.9 Å². The minimum absolute atomic E-state index is 0.182. The molecule has 1 aromatic heterocycles. The molecule has 2 N–H and O–H groups in total. The Morgan fingerprint density at radius 1 is 0.759 bits per heavy atom. The van der Waals surface area contributed by atoms with E-state index in [2.05, 4.69) is 32.1 Å². The number of nitrogens with zero attached hydrogens (tertiary/aromatic N) is 2. The number of hydrogen-bond acceptors (Lipinski definition) is 5. The molecule has 1 heterocycles. The van der Waals surface area contributed by atoms with Crippen LogP contribution < -0.4 is 10.0 Å². The minimum atomic E-state index is -3.75. The lowest BCUT2D eigenvalue weighted by molar-refractivity contribution is 0.601. The lowest BCUT2D eigenvalue weighted by Crippen LogP contribution is -2.16. The van der Waals surface area contributed by atoms with Gasteiger partial charge in [-0.15, -0.1) is 0 Å². The number of nitrogens with one attached hydrogen (secondary N) is 2. The van der Waals surface area contributed by atoms with Gasteiger partial charge < -0.3 is 5.32 Å². The van der Waals surface area contributed by atoms with Gasteiger partial charge in [0.1, 0.15) is 0 Å². The Morgan fingerprint density at radius 2 is 1.41 bits per heavy atom. The van der Waals surface area contributed by atoms with Gasteiger partial charge >= 0.3 is 0 Å². The summed E-state index contributed by atoms with van der Waals surface area (Å²) in [6.45, 7) is 0.632. The van der Waals surface area contributed by atoms with Gasteiger partial charge in [-0.1, -0.05) is 60.7 Å². The highest BCUT2D eigenvalue weighted by Crippen LogP contribution is 2.24. The zero-order valence-corrected chi connectivity index (χ0v) is 16.4. The summed E-state index contributed by atoms with van der Waals surface area (Å²) in [5.41, 5.74) is 1.86. The Balaban J connectivity index is 1.61. The summed E-state index contributed by atoms with van der Waals surface area (Å²) in [5, 5.41) is 3.83. The van der Waals surface area contributed by atoms with E-state index in [9.17, 15) is 8.42 Å². The molecular formula is C22H20N4O2S. The number of sulfonamides is 1. The Hall–Kier alpha value is -3.45. The molecule has 29 heavy (non-hydrogen) atoms. The van der Waals surface area contributed by atoms with Gasteiger partial charge in [-0.25, -0.2) is 13.4 Å². The lowest BCUT2D eigenvalue weighted by atomic mass is 10.1. The van der Waals surface area contributed by atoms with Crippen molar-refractivity contribution in [2.75, 3.05) is 16.6 Å². The number of rotatable bonds is 7. The normalized spacial score (nSPS) is 11.3. The first-order valence-corrected chi connectivity index (χ1v) is 10.7. The summed E-state index contributed by atoms with van der Waals surface area (Å²) in [6.07, 6.45) is 0.808. The van der Waals surface area contributed by atoms with Gasteiger partial charge in [0.15, 0.2) is 5.82 Å². The molecule has 0 amide bonds. The van der Waals surface area contributed by atoms with Crippen molar-refractivity contribution in [3.8, 4) is 0 Å². The molecule has 4 aromatic rings. The molecule has 146 valence electrons. The Kier molecular flexibility index (Phi) is 5.39. The van der Waals surface area contributed by atoms with Gasteiger partial charge in [-0.3, -0.25) is 4.72 Å². The van der Waals surface area contributed by atoms with E-state index in [1.165, 1.54) is 5.56 Å². The van der Waals surface area contributed by atoms with Crippen LogP contribution in [0.4, 0.5) is 11.8 Å². The SMILES string of the molecule is O=S(=O)(Nc1nc(NCCc2ccccc2)nc2ccccc12)c1ccccc1. The maximum atomic E-state index is 12.8. The van der Waals surface area contributed by atoms with Gasteiger partial charge in [0, 0.05) is 11.9 Å². The lowest BCUT2D eigenvalue weighted by Gasteiger charge is -2.12. The van der Waals surface area contributed by atoms with Crippen LogP contribution in [0, 0.1) is 0 Å². The van der Waals surface area contributed by atoms with Crippen molar-refractivity contribution in [2.45, 2.75) is 11.3 Å². The molecule has 0 bridgehead atoms. The zero-order chi connectivity index (χ0) is 20.1. The van der Waals surface area contributed by atoms with Gasteiger partial charge in [0.05, 0.1) is 10.4 Å². The van der Waals surface area contributed by atoms with Crippen LogP contribution in [0.3, 0.4) is 0 Å². The quantitative estimate of drug-likeness (QED) is 0.485. The van der Waals surface area contributed by atoms with E-state index in [0.29, 0.717) is 23.4 Å². The van der Waals surface area contributed by atoms with Crippen molar-refractivity contribution in [1.82, 2.24) is 9.97 Å². The van der Waals surface area contributed by atoms with Crippen molar-refractivity contribution in [2.24, 2.45) is 0 Å². The second-order valence-electron chi connectivity index (χ2n) is 6.49. The molecule has 6 nitrogen and oxygen atoms in total. The van der Waals surface area contributed by atoms with Crippen molar-refractivity contribution < 1.29 is 8.42 Å². The average molecular weight is 404 g/mol. The average Bonchev–Trinajstić information content (AvgIpc) is 2.75. The first-order chi connectivity index (χ1) is 14.1. The van der Waals surface area contributed by atoms with Crippen LogP contribution >= 0.6 is 0 Å². The minimum Gasteiger partial charge on any atom is -0.354 e. The smallest absolute Gasteiger partial charge is 0.263 e. The van der Waals surface area contributed by atoms with Crippen molar-refractivity contribution in [1.29, 1.82) is 0 Å². The molecule has 0 atom stereocenters. The second kappa shape index (κ2) is 8.28. The number of para-hydroxylation sites is 1. The largest absolute Gasteiger partial charge is 0.354 e. The van der Waals surface area contributed by atoms with Crippen LogP contribution in [-0.2, 0) is 16.4 Å². The molecule has 0 unspecified atom stereocenters. The molecule has 0 saturated heterocycles. The van der Waals surface area contributed by atoms with Gasteiger partial charge in [0.25, 0.3) is 10.0 Å². The van der Waals surface area contributed by atoms with Crippen molar-refractivity contribution in [3.63, 3.8) is 0 Å². The Labute approximate surface area is 169 Å². The maximum absolute atomic E-state index is 12.8. The van der Waals surface area contributed by atoms with Gasteiger partial charge in [-0.05, 0) is 36.2 Å². The summed E-state index contributed by atoms with van der Waals surface area (Å²) >= 11 is 0. The predicted molar refractivity (Wildman–Crippen MR) is 115 cm³/mol. The number of fused-ring (bicyclic) bond motifs is 1. The fourth-order valence-corrected chi connectivity index (χ4v) is 4.03. The monoisotopic (exact) mass is 404 g/mol. The third-order valence-corrected chi connectivity index (χ3v) is 5.78. The number of anilines is 2. The summed E-state index contributed by atoms with van der Waals surface area (Å²) in [6, 6.07) is 25.6. The third-order valence-electron chi connectivity index (χ3n) is 4.43. The molecule has 0 aliphatic heterocycles. The highest BCUT2D eigenvalue weighted by molar-refractivity contribution is 7.92. The predicted octanol–water partition coefficient (Wildman–Crippen LogP) is 4.09. The number of aromatic nitrogens is 2. The Bertz CT molecular complexity index is 1210. The van der Waals surface area contributed by atoms with Crippen LogP contribution in [0.2, 0.25) is 0 Å². The van der Waals surface area contributed by atoms with Crippen LogP contribution in [0.15, 0.2) is 89.8 Å². The van der Waals surface area contributed by atoms with E-state index in [1.54, 1.807) is 36.4 Å². The first-order valence-electron chi connectivity index (χ1n) is 9.24. The van der Waals surface area contributed by atoms with Crippen LogP contribution in [0.1, 0.15) is 5.56 Å². The van der Waals surface area contributed by atoms with Crippen LogP contribution in [0.5, 0.6) is 0 Å². The number of hydrogen-bond donors (Lipinski definition) is 2. The van der Waals surface area contributed by atoms with E-state index < -0.39 is 10.0 Å². The number of benzene rings is 3. The molecule has 3 aromatic carbocycles. The third kappa shape index (κ3) is 4.52. The van der Waals surface area contributed by atoms with E-state index in [0.717, 1.165) is 6.42 Å². The second-order valence-corrected chi connectivity index (χ2v) is 8.18. The van der Waals surface area contributed by atoms with E-state index >= 15 is 0 Å². The highest BCUT2D eigenvalue weighted by atomic mass is 32.2. The molecule has 0 saturated carbocycles. The maximum Gasteiger partial charge on any atom is 0.263 e. The van der Waals surface area contributed by atoms with E-state index in [4.69, 9.17) is 0 Å². The van der Waals surface area contributed by atoms with Crippen molar-refractivity contribution >= 4 is 32.7 Å². The fourth-order valence-electron chi connectivity index (χ4n) is 2.98. The highest BCUT2D eigenvalue weighted by Gasteiger charge is 2.17. The summed E-state index contributed by atoms with van der Waals surface area (Å²) < 4.78 is 28.1. The summed E-state index contributed by atoms with van der Waals surface area (Å²) in [7, 11) is -3.75. The fraction of sp³-hybridized carbons (Fsp3) is 0.0909. The van der Waals surface area contributed by atoms with E-state index in [1.807, 2.05) is 36.4 Å². The first kappa shape index (κ1) is 18.9. The Morgan fingerprint density at radius 3 is 2.17 bits per heavy atom. The molecule has 7 heteroatoms. The molecule has 0 fully saturated rings. The molecule has 4 rings (SSSR count). The summed E-state index contributed by atoms with van der Waals surface area (Å²) in [4.78, 5) is 9.12. The summed E-state index contributed by atoms with van der Waals surface area (Å²) in [5.74, 6) is 0.632.